The fraction of sp³-hybridized carbons (Fsp3) is 0.152. The Bertz CT molecular complexity index is 1820. The summed E-state index contributed by atoms with van der Waals surface area (Å²) in [4.78, 5) is 24.5. The van der Waals surface area contributed by atoms with Gasteiger partial charge in [0.1, 0.15) is 5.82 Å². The number of nitrogens with zero attached hydrogens (tertiary/aromatic N) is 1. The highest BCUT2D eigenvalue weighted by atomic mass is 19.4. The quantitative estimate of drug-likeness (QED) is 0.195. The molecule has 214 valence electrons. The standard InChI is InChI=1S/C33H26F4N2O3/c1-19-20(2)39(18-21-7-9-22(10-8-21)26-5-3-4-6-27(26)32(41)42)30-14-11-23(16-28(19)30)31(40)38-17-24-15-25(33(35,36)37)12-13-29(24)34/h3-16H,17-18H2,1-2H3,(H,38,40)(H,41,42). The van der Waals surface area contributed by atoms with Crippen molar-refractivity contribution in [2.45, 2.75) is 33.1 Å². The van der Waals surface area contributed by atoms with Crippen LogP contribution in [0.15, 0.2) is 84.9 Å². The number of aromatic nitrogens is 1. The molecular formula is C33H26F4N2O3. The molecule has 0 bridgehead atoms. The minimum atomic E-state index is -4.62. The van der Waals surface area contributed by atoms with Gasteiger partial charge in [-0.15, -0.1) is 0 Å². The molecule has 5 rings (SSSR count). The SMILES string of the molecule is Cc1c(C)n(Cc2ccc(-c3ccccc3C(=O)O)cc2)c2ccc(C(=O)NCc3cc(C(F)(F)F)ccc3F)cc12. The number of aromatic carboxylic acids is 1. The van der Waals surface area contributed by atoms with E-state index in [2.05, 4.69) is 9.88 Å². The Morgan fingerprint density at radius 2 is 1.62 bits per heavy atom. The van der Waals surface area contributed by atoms with Crippen LogP contribution >= 0.6 is 0 Å². The first-order chi connectivity index (χ1) is 19.9. The molecule has 5 aromatic rings. The Hall–Kier alpha value is -4.92. The van der Waals surface area contributed by atoms with Crippen molar-refractivity contribution >= 4 is 22.8 Å². The molecule has 4 aromatic carbocycles. The Labute approximate surface area is 239 Å². The molecule has 0 radical (unpaired) electrons. The van der Waals surface area contributed by atoms with Gasteiger partial charge >= 0.3 is 12.1 Å². The van der Waals surface area contributed by atoms with Crippen molar-refractivity contribution in [1.82, 2.24) is 9.88 Å². The van der Waals surface area contributed by atoms with Crippen molar-refractivity contribution in [3.05, 3.63) is 130 Å². The largest absolute Gasteiger partial charge is 0.478 e. The highest BCUT2D eigenvalue weighted by Gasteiger charge is 2.31. The summed E-state index contributed by atoms with van der Waals surface area (Å²) < 4.78 is 55.3. The second-order valence-electron chi connectivity index (χ2n) is 10.1. The Morgan fingerprint density at radius 3 is 2.31 bits per heavy atom. The molecule has 2 N–H and O–H groups in total. The number of nitrogens with one attached hydrogen (secondary N) is 1. The van der Waals surface area contributed by atoms with Crippen molar-refractivity contribution in [1.29, 1.82) is 0 Å². The fourth-order valence-electron chi connectivity index (χ4n) is 5.05. The molecule has 0 aliphatic heterocycles. The average Bonchev–Trinajstić information content (AvgIpc) is 3.20. The molecule has 42 heavy (non-hydrogen) atoms. The molecule has 5 nitrogen and oxygen atoms in total. The van der Waals surface area contributed by atoms with Gasteiger partial charge in [-0.25, -0.2) is 9.18 Å². The lowest BCUT2D eigenvalue weighted by atomic mass is 9.99. The van der Waals surface area contributed by atoms with Crippen molar-refractivity contribution in [2.75, 3.05) is 0 Å². The first-order valence-corrected chi connectivity index (χ1v) is 13.1. The molecule has 0 atom stereocenters. The van der Waals surface area contributed by atoms with E-state index in [1.807, 2.05) is 44.2 Å². The van der Waals surface area contributed by atoms with Gasteiger partial charge in [-0.2, -0.15) is 13.2 Å². The van der Waals surface area contributed by atoms with Gasteiger partial charge in [0.15, 0.2) is 0 Å². The fourth-order valence-corrected chi connectivity index (χ4v) is 5.05. The molecule has 0 fully saturated rings. The summed E-state index contributed by atoms with van der Waals surface area (Å²) in [6.07, 6.45) is -4.62. The summed E-state index contributed by atoms with van der Waals surface area (Å²) in [5.74, 6) is -2.35. The van der Waals surface area contributed by atoms with Crippen molar-refractivity contribution in [2.24, 2.45) is 0 Å². The molecule has 1 heterocycles. The minimum absolute atomic E-state index is 0.230. The Morgan fingerprint density at radius 1 is 0.905 bits per heavy atom. The lowest BCUT2D eigenvalue weighted by molar-refractivity contribution is -0.137. The van der Waals surface area contributed by atoms with Crippen LogP contribution in [0.5, 0.6) is 0 Å². The molecule has 0 aliphatic carbocycles. The third-order valence-corrected chi connectivity index (χ3v) is 7.48. The number of halogens is 4. The molecule has 0 unspecified atom stereocenters. The van der Waals surface area contributed by atoms with Crippen LogP contribution in [0.2, 0.25) is 0 Å². The van der Waals surface area contributed by atoms with Crippen LogP contribution in [-0.4, -0.2) is 21.6 Å². The zero-order chi connectivity index (χ0) is 30.2. The van der Waals surface area contributed by atoms with Crippen molar-refractivity contribution < 1.29 is 32.3 Å². The van der Waals surface area contributed by atoms with Gasteiger partial charge < -0.3 is 15.0 Å². The van der Waals surface area contributed by atoms with Crippen molar-refractivity contribution in [3.63, 3.8) is 0 Å². The number of benzene rings is 4. The molecular weight excluding hydrogens is 548 g/mol. The third kappa shape index (κ3) is 5.63. The number of fused-ring (bicyclic) bond motifs is 1. The van der Waals surface area contributed by atoms with E-state index in [1.54, 1.807) is 36.4 Å². The summed E-state index contributed by atoms with van der Waals surface area (Å²) in [6.45, 7) is 4.07. The van der Waals surface area contributed by atoms with Gasteiger partial charge in [0.25, 0.3) is 5.91 Å². The minimum Gasteiger partial charge on any atom is -0.478 e. The normalized spacial score (nSPS) is 11.6. The second kappa shape index (κ2) is 11.2. The number of carboxylic acid groups (broad SMARTS) is 1. The first-order valence-electron chi connectivity index (χ1n) is 13.1. The zero-order valence-corrected chi connectivity index (χ0v) is 22.7. The zero-order valence-electron chi connectivity index (χ0n) is 22.7. The number of carbonyl (C=O) groups excluding carboxylic acids is 1. The van der Waals surface area contributed by atoms with Gasteiger partial charge in [-0.05, 0) is 78.6 Å². The average molecular weight is 575 g/mol. The topological polar surface area (TPSA) is 71.3 Å². The van der Waals surface area contributed by atoms with Crippen molar-refractivity contribution in [3.8, 4) is 11.1 Å². The summed E-state index contributed by atoms with van der Waals surface area (Å²) in [7, 11) is 0. The summed E-state index contributed by atoms with van der Waals surface area (Å²) in [5.41, 5.74) is 4.58. The van der Waals surface area contributed by atoms with E-state index in [0.717, 1.165) is 39.4 Å². The van der Waals surface area contributed by atoms with E-state index < -0.39 is 36.0 Å². The van der Waals surface area contributed by atoms with Crippen LogP contribution in [0.25, 0.3) is 22.0 Å². The molecule has 0 saturated carbocycles. The van der Waals surface area contributed by atoms with Gasteiger partial charge in [0, 0.05) is 40.8 Å². The van der Waals surface area contributed by atoms with Gasteiger partial charge in [0.2, 0.25) is 0 Å². The monoisotopic (exact) mass is 574 g/mol. The van der Waals surface area contributed by atoms with Crippen LogP contribution in [0.4, 0.5) is 17.6 Å². The Balaban J connectivity index is 1.36. The lowest BCUT2D eigenvalue weighted by Crippen LogP contribution is -2.23. The highest BCUT2D eigenvalue weighted by molar-refractivity contribution is 5.99. The maximum Gasteiger partial charge on any atom is 0.416 e. The lowest BCUT2D eigenvalue weighted by Gasteiger charge is -2.12. The van der Waals surface area contributed by atoms with Crippen LogP contribution < -0.4 is 5.32 Å². The number of hydrogen-bond acceptors (Lipinski definition) is 2. The van der Waals surface area contributed by atoms with E-state index in [4.69, 9.17) is 0 Å². The molecule has 0 aliphatic rings. The van der Waals surface area contributed by atoms with E-state index >= 15 is 0 Å². The summed E-state index contributed by atoms with van der Waals surface area (Å²) in [5, 5.41) is 12.9. The first kappa shape index (κ1) is 28.6. The van der Waals surface area contributed by atoms with Crippen LogP contribution in [0.3, 0.4) is 0 Å². The number of hydrogen-bond donors (Lipinski definition) is 2. The van der Waals surface area contributed by atoms with Crippen LogP contribution in [0, 0.1) is 19.7 Å². The van der Waals surface area contributed by atoms with Gasteiger partial charge in [0.05, 0.1) is 11.1 Å². The van der Waals surface area contributed by atoms with Gasteiger partial charge in [-0.1, -0.05) is 42.5 Å². The second-order valence-corrected chi connectivity index (χ2v) is 10.1. The molecule has 1 aromatic heterocycles. The highest BCUT2D eigenvalue weighted by Crippen LogP contribution is 2.31. The van der Waals surface area contributed by atoms with E-state index in [-0.39, 0.29) is 11.1 Å². The number of alkyl halides is 3. The van der Waals surface area contributed by atoms with Gasteiger partial charge in [-0.3, -0.25) is 4.79 Å². The Kier molecular flexibility index (Phi) is 7.60. The molecule has 9 heteroatoms. The number of rotatable bonds is 7. The predicted octanol–water partition coefficient (Wildman–Crippen LogP) is 7.76. The van der Waals surface area contributed by atoms with Crippen LogP contribution in [0.1, 0.15) is 48.7 Å². The molecule has 0 saturated heterocycles. The maximum absolute atomic E-state index is 14.1. The third-order valence-electron chi connectivity index (χ3n) is 7.48. The predicted molar refractivity (Wildman–Crippen MR) is 152 cm³/mol. The van der Waals surface area contributed by atoms with E-state index in [9.17, 15) is 32.3 Å². The summed E-state index contributed by atoms with van der Waals surface area (Å²) >= 11 is 0. The number of carboxylic acids is 1. The van der Waals surface area contributed by atoms with E-state index in [1.165, 1.54) is 0 Å². The smallest absolute Gasteiger partial charge is 0.416 e. The van der Waals surface area contributed by atoms with E-state index in [0.29, 0.717) is 29.8 Å². The van der Waals surface area contributed by atoms with Crippen LogP contribution in [-0.2, 0) is 19.3 Å². The number of amides is 1. The molecule has 0 spiro atoms. The molecule has 1 amide bonds. The maximum atomic E-state index is 14.1. The number of carbonyl (C=O) groups is 2. The number of aryl methyl sites for hydroxylation is 1. The summed E-state index contributed by atoms with van der Waals surface area (Å²) in [6, 6.07) is 21.8.